The second-order valence-corrected chi connectivity index (χ2v) is 3.40. The second kappa shape index (κ2) is 3.61. The summed E-state index contributed by atoms with van der Waals surface area (Å²) in [5, 5.41) is 0. The van der Waals surface area contributed by atoms with Crippen LogP contribution in [0.4, 0.5) is 0 Å². The molecule has 0 spiro atoms. The number of hydrogen-bond donors (Lipinski definition) is 0. The van der Waals surface area contributed by atoms with Crippen molar-refractivity contribution >= 4 is 6.08 Å². The quantitative estimate of drug-likeness (QED) is 0.604. The van der Waals surface area contributed by atoms with Crippen molar-refractivity contribution in [1.29, 1.82) is 0 Å². The predicted molar refractivity (Wildman–Crippen MR) is 57.6 cm³/mol. The molecule has 0 unspecified atom stereocenters. The molecule has 0 saturated heterocycles. The third kappa shape index (κ3) is 1.72. The summed E-state index contributed by atoms with van der Waals surface area (Å²) in [6.45, 7) is 2.18. The fourth-order valence-electron chi connectivity index (χ4n) is 1.74. The molecule has 1 aliphatic rings. The van der Waals surface area contributed by atoms with Gasteiger partial charge in [-0.1, -0.05) is 49.4 Å². The molecule has 1 aromatic rings. The van der Waals surface area contributed by atoms with Crippen LogP contribution >= 0.6 is 0 Å². The summed E-state index contributed by atoms with van der Waals surface area (Å²) in [4.78, 5) is 0. The van der Waals surface area contributed by atoms with Crippen LogP contribution in [-0.2, 0) is 6.42 Å². The van der Waals surface area contributed by atoms with Crippen molar-refractivity contribution in [3.05, 3.63) is 53.1 Å². The lowest BCUT2D eigenvalue weighted by Gasteiger charge is -2.12. The van der Waals surface area contributed by atoms with E-state index in [9.17, 15) is 0 Å². The molecule has 0 saturated carbocycles. The van der Waals surface area contributed by atoms with Crippen LogP contribution in [0.3, 0.4) is 0 Å². The van der Waals surface area contributed by atoms with E-state index in [1.54, 1.807) is 0 Å². The third-order valence-corrected chi connectivity index (χ3v) is 2.39. The number of fused-ring (bicyclic) bond motifs is 1. The summed E-state index contributed by atoms with van der Waals surface area (Å²) in [5.74, 6) is 0. The first-order valence-electron chi connectivity index (χ1n) is 4.85. The number of benzene rings is 1. The first-order valence-corrected chi connectivity index (χ1v) is 4.85. The summed E-state index contributed by atoms with van der Waals surface area (Å²) in [6, 6.07) is 8.59. The molecule has 0 heterocycles. The molecular weight excluding hydrogens is 156 g/mol. The molecule has 2 rings (SSSR count). The Balaban J connectivity index is 2.34. The molecule has 0 heteroatoms. The zero-order chi connectivity index (χ0) is 9.10. The van der Waals surface area contributed by atoms with Gasteiger partial charge in [0.25, 0.3) is 0 Å². The maximum Gasteiger partial charge on any atom is -0.00230 e. The van der Waals surface area contributed by atoms with Gasteiger partial charge in [0.05, 0.1) is 0 Å². The molecule has 0 N–H and O–H groups in total. The molecule has 0 aromatic heterocycles. The summed E-state index contributed by atoms with van der Waals surface area (Å²) in [5.41, 5.74) is 4.27. The molecule has 0 amide bonds. The van der Waals surface area contributed by atoms with Crippen LogP contribution in [0.5, 0.6) is 0 Å². The first-order chi connectivity index (χ1) is 6.40. The third-order valence-electron chi connectivity index (χ3n) is 2.39. The topological polar surface area (TPSA) is 0 Å². The highest BCUT2D eigenvalue weighted by molar-refractivity contribution is 5.61. The molecular formula is C13H14. The lowest BCUT2D eigenvalue weighted by atomic mass is 9.93. The van der Waals surface area contributed by atoms with Gasteiger partial charge < -0.3 is 0 Å². The summed E-state index contributed by atoms with van der Waals surface area (Å²) in [7, 11) is 0. The Bertz CT molecular complexity index is 356. The molecule has 1 aliphatic carbocycles. The first kappa shape index (κ1) is 8.31. The van der Waals surface area contributed by atoms with Gasteiger partial charge in [0.1, 0.15) is 0 Å². The standard InChI is InChI=1S/C13H14/c1-2-5-11-8-9-12-6-3-4-7-13(12)10-11/h3-9H,2,10H2,1H3. The van der Waals surface area contributed by atoms with Crippen molar-refractivity contribution in [2.45, 2.75) is 19.8 Å². The zero-order valence-corrected chi connectivity index (χ0v) is 7.96. The van der Waals surface area contributed by atoms with Gasteiger partial charge in [-0.2, -0.15) is 0 Å². The minimum atomic E-state index is 1.10. The van der Waals surface area contributed by atoms with Crippen molar-refractivity contribution in [1.82, 2.24) is 0 Å². The molecule has 0 bridgehead atoms. The Hall–Kier alpha value is -1.30. The van der Waals surface area contributed by atoms with Gasteiger partial charge >= 0.3 is 0 Å². The molecule has 1 aromatic carbocycles. The van der Waals surface area contributed by atoms with Crippen molar-refractivity contribution in [2.75, 3.05) is 0 Å². The fourth-order valence-corrected chi connectivity index (χ4v) is 1.74. The highest BCUT2D eigenvalue weighted by atomic mass is 14.1. The molecule has 0 aliphatic heterocycles. The van der Waals surface area contributed by atoms with E-state index in [-0.39, 0.29) is 0 Å². The summed E-state index contributed by atoms with van der Waals surface area (Å²) in [6.07, 6.45) is 8.96. The van der Waals surface area contributed by atoms with Gasteiger partial charge in [0, 0.05) is 0 Å². The van der Waals surface area contributed by atoms with E-state index in [2.05, 4.69) is 49.4 Å². The Morgan fingerprint density at radius 3 is 2.92 bits per heavy atom. The molecule has 0 atom stereocenters. The van der Waals surface area contributed by atoms with Crippen LogP contribution in [-0.4, -0.2) is 0 Å². The minimum absolute atomic E-state index is 1.10. The van der Waals surface area contributed by atoms with Crippen LogP contribution in [0.1, 0.15) is 24.5 Å². The van der Waals surface area contributed by atoms with Gasteiger partial charge in [0.15, 0.2) is 0 Å². The van der Waals surface area contributed by atoms with Crippen LogP contribution in [0.25, 0.3) is 6.08 Å². The average Bonchev–Trinajstić information content (AvgIpc) is 2.18. The molecule has 0 nitrogen and oxygen atoms in total. The summed E-state index contributed by atoms with van der Waals surface area (Å²) >= 11 is 0. The van der Waals surface area contributed by atoms with E-state index >= 15 is 0 Å². The van der Waals surface area contributed by atoms with E-state index in [0.29, 0.717) is 0 Å². The van der Waals surface area contributed by atoms with E-state index in [1.807, 2.05) is 0 Å². The normalized spacial score (nSPS) is 17.5. The van der Waals surface area contributed by atoms with Gasteiger partial charge in [-0.25, -0.2) is 0 Å². The Morgan fingerprint density at radius 1 is 1.23 bits per heavy atom. The molecule has 66 valence electrons. The van der Waals surface area contributed by atoms with Gasteiger partial charge in [0.2, 0.25) is 0 Å². The van der Waals surface area contributed by atoms with Crippen molar-refractivity contribution in [3.8, 4) is 0 Å². The van der Waals surface area contributed by atoms with Gasteiger partial charge in [-0.15, -0.1) is 0 Å². The van der Waals surface area contributed by atoms with Crippen molar-refractivity contribution in [3.63, 3.8) is 0 Å². The lowest BCUT2D eigenvalue weighted by molar-refractivity contribution is 1.11. The largest absolute Gasteiger partial charge is 0.0813 e. The van der Waals surface area contributed by atoms with Crippen LogP contribution in [0.2, 0.25) is 0 Å². The maximum atomic E-state index is 2.30. The highest BCUT2D eigenvalue weighted by Gasteiger charge is 2.05. The second-order valence-electron chi connectivity index (χ2n) is 3.40. The Morgan fingerprint density at radius 2 is 2.08 bits per heavy atom. The summed E-state index contributed by atoms with van der Waals surface area (Å²) < 4.78 is 0. The number of rotatable bonds is 1. The van der Waals surface area contributed by atoms with E-state index < -0.39 is 0 Å². The van der Waals surface area contributed by atoms with Gasteiger partial charge in [-0.3, -0.25) is 0 Å². The fraction of sp³-hybridized carbons (Fsp3) is 0.231. The highest BCUT2D eigenvalue weighted by Crippen LogP contribution is 2.22. The van der Waals surface area contributed by atoms with E-state index in [0.717, 1.165) is 12.8 Å². The smallest absolute Gasteiger partial charge is 0.00230 e. The van der Waals surface area contributed by atoms with Crippen LogP contribution in [0, 0.1) is 0 Å². The predicted octanol–water partition coefficient (Wildman–Crippen LogP) is 3.59. The zero-order valence-electron chi connectivity index (χ0n) is 7.96. The van der Waals surface area contributed by atoms with Crippen LogP contribution < -0.4 is 0 Å². The monoisotopic (exact) mass is 170 g/mol. The Kier molecular flexibility index (Phi) is 2.31. The molecule has 0 fully saturated rings. The average molecular weight is 170 g/mol. The van der Waals surface area contributed by atoms with E-state index in [4.69, 9.17) is 0 Å². The van der Waals surface area contributed by atoms with Crippen molar-refractivity contribution in [2.24, 2.45) is 0 Å². The molecule has 13 heavy (non-hydrogen) atoms. The van der Waals surface area contributed by atoms with Crippen molar-refractivity contribution < 1.29 is 0 Å². The Labute approximate surface area is 79.6 Å². The lowest BCUT2D eigenvalue weighted by Crippen LogP contribution is -1.96. The van der Waals surface area contributed by atoms with E-state index in [1.165, 1.54) is 16.7 Å². The van der Waals surface area contributed by atoms with Gasteiger partial charge in [-0.05, 0) is 29.5 Å². The minimum Gasteiger partial charge on any atom is -0.0813 e. The number of allylic oxidation sites excluding steroid dienone is 3. The molecule has 0 radical (unpaired) electrons. The SMILES string of the molecule is CCC=C1C=Cc2ccccc2C1. The van der Waals surface area contributed by atoms with Crippen LogP contribution in [0.15, 0.2) is 42.0 Å². The number of hydrogen-bond acceptors (Lipinski definition) is 0. The maximum absolute atomic E-state index is 2.30.